The van der Waals surface area contributed by atoms with E-state index in [0.717, 1.165) is 33.7 Å². The van der Waals surface area contributed by atoms with Gasteiger partial charge in [-0.3, -0.25) is 13.9 Å². The highest BCUT2D eigenvalue weighted by Gasteiger charge is 2.32. The Morgan fingerprint density at radius 1 is 0.921 bits per heavy atom. The van der Waals surface area contributed by atoms with Crippen molar-refractivity contribution in [1.29, 1.82) is 0 Å². The fourth-order valence-corrected chi connectivity index (χ4v) is 5.05. The van der Waals surface area contributed by atoms with Crippen molar-refractivity contribution in [2.24, 2.45) is 0 Å². The van der Waals surface area contributed by atoms with E-state index in [2.05, 4.69) is 5.32 Å². The first-order chi connectivity index (χ1) is 18.2. The first-order valence-corrected chi connectivity index (χ1v) is 14.3. The third-order valence-corrected chi connectivity index (χ3v) is 7.46. The Morgan fingerprint density at radius 2 is 1.58 bits per heavy atom. The molecule has 2 amide bonds. The largest absolute Gasteiger partial charge is 0.497 e. The predicted octanol–water partition coefficient (Wildman–Crippen LogP) is 3.41. The van der Waals surface area contributed by atoms with Gasteiger partial charge in [-0.2, -0.15) is 0 Å². The lowest BCUT2D eigenvalue weighted by molar-refractivity contribution is -0.139. The number of nitrogens with zero attached hydrogens (tertiary/aromatic N) is 2. The average molecular weight is 538 g/mol. The summed E-state index contributed by atoms with van der Waals surface area (Å²) in [6.07, 6.45) is 2.14. The number of ether oxygens (including phenoxy) is 1. The molecule has 0 radical (unpaired) electrons. The lowest BCUT2D eigenvalue weighted by atomic mass is 10.0. The number of nitrogens with one attached hydrogen (secondary N) is 1. The fourth-order valence-electron chi connectivity index (χ4n) is 4.20. The third-order valence-electron chi connectivity index (χ3n) is 6.32. The van der Waals surface area contributed by atoms with Crippen molar-refractivity contribution in [3.8, 4) is 5.75 Å². The van der Waals surface area contributed by atoms with Gasteiger partial charge in [-0.15, -0.1) is 0 Å². The van der Waals surface area contributed by atoms with E-state index in [4.69, 9.17) is 4.74 Å². The third kappa shape index (κ3) is 7.58. The summed E-state index contributed by atoms with van der Waals surface area (Å²) < 4.78 is 32.0. The zero-order valence-electron chi connectivity index (χ0n) is 22.3. The standard InChI is InChI=1S/C29H35N3O5S/c1-5-22-14-16-25(17-15-22)32(38(4,35)36)21-28(33)31(20-24-12-9-13-26(18-24)37-3)27(29(34)30-2)19-23-10-7-6-8-11-23/h6-18,27H,5,19-21H2,1-4H3,(H,30,34)/t27-/m1/s1. The van der Waals surface area contributed by atoms with Gasteiger partial charge < -0.3 is 15.0 Å². The van der Waals surface area contributed by atoms with Gasteiger partial charge in [0.05, 0.1) is 19.1 Å². The maximum atomic E-state index is 13.9. The van der Waals surface area contributed by atoms with E-state index in [1.807, 2.05) is 55.5 Å². The molecule has 202 valence electrons. The van der Waals surface area contributed by atoms with Crippen LogP contribution in [-0.4, -0.2) is 58.1 Å². The van der Waals surface area contributed by atoms with Crippen LogP contribution in [0.1, 0.15) is 23.6 Å². The van der Waals surface area contributed by atoms with Crippen LogP contribution >= 0.6 is 0 Å². The zero-order valence-corrected chi connectivity index (χ0v) is 23.1. The van der Waals surface area contributed by atoms with Gasteiger partial charge in [0.1, 0.15) is 18.3 Å². The molecule has 1 atom stereocenters. The van der Waals surface area contributed by atoms with Crippen LogP contribution in [0.2, 0.25) is 0 Å². The number of methoxy groups -OCH3 is 1. The number of anilines is 1. The molecular weight excluding hydrogens is 502 g/mol. The molecule has 0 bridgehead atoms. The van der Waals surface area contributed by atoms with Gasteiger partial charge in [0.25, 0.3) is 0 Å². The molecular formula is C29H35N3O5S. The zero-order chi connectivity index (χ0) is 27.7. The van der Waals surface area contributed by atoms with E-state index in [1.165, 1.54) is 11.9 Å². The summed E-state index contributed by atoms with van der Waals surface area (Å²) in [4.78, 5) is 28.5. The van der Waals surface area contributed by atoms with Crippen molar-refractivity contribution in [1.82, 2.24) is 10.2 Å². The van der Waals surface area contributed by atoms with Crippen LogP contribution in [0.4, 0.5) is 5.69 Å². The average Bonchev–Trinajstić information content (AvgIpc) is 2.93. The lowest BCUT2D eigenvalue weighted by Crippen LogP contribution is -2.52. The molecule has 38 heavy (non-hydrogen) atoms. The molecule has 8 nitrogen and oxygen atoms in total. The molecule has 0 spiro atoms. The van der Waals surface area contributed by atoms with E-state index < -0.39 is 28.5 Å². The highest BCUT2D eigenvalue weighted by Crippen LogP contribution is 2.22. The normalized spacial score (nSPS) is 11.9. The van der Waals surface area contributed by atoms with Gasteiger partial charge >= 0.3 is 0 Å². The van der Waals surface area contributed by atoms with Crippen LogP contribution in [0, 0.1) is 0 Å². The van der Waals surface area contributed by atoms with Crippen molar-refractivity contribution >= 4 is 27.5 Å². The first kappa shape index (κ1) is 28.7. The summed E-state index contributed by atoms with van der Waals surface area (Å²) in [5.74, 6) is -0.228. The van der Waals surface area contributed by atoms with Crippen LogP contribution in [0.25, 0.3) is 0 Å². The van der Waals surface area contributed by atoms with Crippen LogP contribution in [0.3, 0.4) is 0 Å². The molecule has 0 aliphatic heterocycles. The molecule has 3 aromatic rings. The number of sulfonamides is 1. The van der Waals surface area contributed by atoms with Gasteiger partial charge in [0.15, 0.2) is 0 Å². The van der Waals surface area contributed by atoms with Crippen molar-refractivity contribution in [3.05, 3.63) is 95.6 Å². The van der Waals surface area contributed by atoms with Crippen molar-refractivity contribution in [2.75, 3.05) is 31.3 Å². The smallest absolute Gasteiger partial charge is 0.244 e. The first-order valence-electron chi connectivity index (χ1n) is 12.4. The Bertz CT molecular complexity index is 1330. The summed E-state index contributed by atoms with van der Waals surface area (Å²) >= 11 is 0. The van der Waals surface area contributed by atoms with Crippen molar-refractivity contribution in [2.45, 2.75) is 32.4 Å². The lowest BCUT2D eigenvalue weighted by Gasteiger charge is -2.33. The van der Waals surface area contributed by atoms with Gasteiger partial charge in [-0.05, 0) is 47.4 Å². The highest BCUT2D eigenvalue weighted by atomic mass is 32.2. The second-order valence-corrected chi connectivity index (χ2v) is 10.9. The van der Waals surface area contributed by atoms with Gasteiger partial charge in [-0.1, -0.05) is 61.5 Å². The molecule has 0 heterocycles. The summed E-state index contributed by atoms with van der Waals surface area (Å²) in [7, 11) is -0.720. The number of aryl methyl sites for hydroxylation is 1. The number of likely N-dealkylation sites (N-methyl/N-ethyl adjacent to an activating group) is 1. The number of hydrogen-bond donors (Lipinski definition) is 1. The summed E-state index contributed by atoms with van der Waals surface area (Å²) in [5.41, 5.74) is 3.06. The van der Waals surface area contributed by atoms with Crippen LogP contribution in [0.15, 0.2) is 78.9 Å². The van der Waals surface area contributed by atoms with Crippen LogP contribution in [-0.2, 0) is 39.0 Å². The molecule has 0 saturated heterocycles. The molecule has 3 rings (SSSR count). The van der Waals surface area contributed by atoms with E-state index in [-0.39, 0.29) is 18.9 Å². The second kappa shape index (κ2) is 13.1. The maximum Gasteiger partial charge on any atom is 0.244 e. The predicted molar refractivity (Wildman–Crippen MR) is 150 cm³/mol. The SMILES string of the molecule is CCc1ccc(N(CC(=O)N(Cc2cccc(OC)c2)[C@H](Cc2ccccc2)C(=O)NC)S(C)(=O)=O)cc1. The minimum Gasteiger partial charge on any atom is -0.497 e. The number of carbonyl (C=O) groups is 2. The van der Waals surface area contributed by atoms with Crippen LogP contribution in [0.5, 0.6) is 5.75 Å². The molecule has 9 heteroatoms. The number of amides is 2. The Morgan fingerprint density at radius 3 is 2.16 bits per heavy atom. The van der Waals surface area contributed by atoms with E-state index in [0.29, 0.717) is 11.4 Å². The van der Waals surface area contributed by atoms with E-state index in [9.17, 15) is 18.0 Å². The summed E-state index contributed by atoms with van der Waals surface area (Å²) in [5, 5.41) is 2.67. The Kier molecular flexibility index (Phi) is 9.90. The van der Waals surface area contributed by atoms with Gasteiger partial charge in [0, 0.05) is 20.0 Å². The Labute approximate surface area is 225 Å². The summed E-state index contributed by atoms with van der Waals surface area (Å²) in [6.45, 7) is 1.65. The number of benzene rings is 3. The fraction of sp³-hybridized carbons (Fsp3) is 0.310. The summed E-state index contributed by atoms with van der Waals surface area (Å²) in [6, 6.07) is 22.8. The molecule has 1 N–H and O–H groups in total. The minimum absolute atomic E-state index is 0.0906. The number of rotatable bonds is 12. The quantitative estimate of drug-likeness (QED) is 0.382. The maximum absolute atomic E-state index is 13.9. The minimum atomic E-state index is -3.79. The van der Waals surface area contributed by atoms with Crippen LogP contribution < -0.4 is 14.4 Å². The number of carbonyl (C=O) groups excluding carboxylic acids is 2. The molecule has 0 saturated carbocycles. The molecule has 0 aliphatic rings. The van der Waals surface area contributed by atoms with Gasteiger partial charge in [0.2, 0.25) is 21.8 Å². The molecule has 0 aliphatic carbocycles. The monoisotopic (exact) mass is 537 g/mol. The van der Waals surface area contributed by atoms with Gasteiger partial charge in [-0.25, -0.2) is 8.42 Å². The van der Waals surface area contributed by atoms with Crippen molar-refractivity contribution in [3.63, 3.8) is 0 Å². The van der Waals surface area contributed by atoms with E-state index >= 15 is 0 Å². The Hall–Kier alpha value is -3.85. The highest BCUT2D eigenvalue weighted by molar-refractivity contribution is 7.92. The van der Waals surface area contributed by atoms with Crippen molar-refractivity contribution < 1.29 is 22.7 Å². The topological polar surface area (TPSA) is 96.0 Å². The number of hydrogen-bond acceptors (Lipinski definition) is 5. The second-order valence-electron chi connectivity index (χ2n) is 8.98. The molecule has 0 aromatic heterocycles. The Balaban J connectivity index is 2.02. The molecule has 3 aromatic carbocycles. The molecule has 0 unspecified atom stereocenters. The molecule has 0 fully saturated rings. The van der Waals surface area contributed by atoms with E-state index in [1.54, 1.807) is 37.4 Å².